The van der Waals surface area contributed by atoms with Crippen molar-refractivity contribution in [1.29, 1.82) is 0 Å². The third-order valence-electron chi connectivity index (χ3n) is 6.48. The predicted octanol–water partition coefficient (Wildman–Crippen LogP) is 7.52. The van der Waals surface area contributed by atoms with Gasteiger partial charge in [0, 0.05) is 13.0 Å². The van der Waals surface area contributed by atoms with Gasteiger partial charge in [-0.15, -0.1) is 0 Å². The second-order valence-corrected chi connectivity index (χ2v) is 13.2. The van der Waals surface area contributed by atoms with E-state index in [1.165, 1.54) is 70.6 Å². The van der Waals surface area contributed by atoms with Crippen molar-refractivity contribution in [2.75, 3.05) is 54.1 Å². The Balaban J connectivity index is 3.91. The van der Waals surface area contributed by atoms with Crippen molar-refractivity contribution in [3.8, 4) is 0 Å². The van der Waals surface area contributed by atoms with Gasteiger partial charge in [-0.3, -0.25) is 9.36 Å². The molecule has 2 atom stereocenters. The fourth-order valence-electron chi connectivity index (χ4n) is 3.96. The maximum absolute atomic E-state index is 12.1. The molecule has 0 radical (unpaired) electrons. The monoisotopic (exact) mass is 603 g/mol. The highest BCUT2D eigenvalue weighted by Crippen LogP contribution is 2.38. The van der Waals surface area contributed by atoms with Crippen LogP contribution in [0.5, 0.6) is 0 Å². The highest BCUT2D eigenvalue weighted by Gasteiger charge is 2.20. The molecule has 0 aromatic heterocycles. The normalized spacial score (nSPS) is 14.6. The van der Waals surface area contributed by atoms with Crippen LogP contribution in [0.3, 0.4) is 0 Å². The van der Waals surface area contributed by atoms with Crippen LogP contribution in [0.25, 0.3) is 0 Å². The summed E-state index contributed by atoms with van der Waals surface area (Å²) in [5, 5.41) is 0. The molecule has 0 fully saturated rings. The Labute approximate surface area is 252 Å². The lowest BCUT2D eigenvalue weighted by Gasteiger charge is -2.28. The fourth-order valence-corrected chi connectivity index (χ4v) is 4.69. The number of phosphoric acid groups is 1. The summed E-state index contributed by atoms with van der Waals surface area (Å²) in [5.74, 6) is -0.391. The molecule has 0 saturated carbocycles. The van der Waals surface area contributed by atoms with E-state index in [1.54, 1.807) is 0 Å². The molecule has 0 aromatic carbocycles. The summed E-state index contributed by atoms with van der Waals surface area (Å²) in [7, 11) is 1.34. The van der Waals surface area contributed by atoms with Crippen molar-refractivity contribution in [3.05, 3.63) is 24.3 Å². The Morgan fingerprint density at radius 1 is 0.756 bits per heavy atom. The number of unbranched alkanes of at least 4 members (excludes halogenated alkanes) is 11. The molecule has 0 aliphatic rings. The quantitative estimate of drug-likeness (QED) is 0.0287. The van der Waals surface area contributed by atoms with E-state index in [0.29, 0.717) is 24.1 Å². The first-order valence-electron chi connectivity index (χ1n) is 16.1. The van der Waals surface area contributed by atoms with E-state index < -0.39 is 19.9 Å². The van der Waals surface area contributed by atoms with Gasteiger partial charge in [0.05, 0.1) is 34.4 Å². The summed E-state index contributed by atoms with van der Waals surface area (Å²) in [6.45, 7) is 4.98. The Kier molecular flexibility index (Phi) is 25.9. The van der Waals surface area contributed by atoms with Crippen LogP contribution >= 0.6 is 7.82 Å². The van der Waals surface area contributed by atoms with Crippen molar-refractivity contribution >= 4 is 13.8 Å². The third-order valence-corrected chi connectivity index (χ3v) is 7.44. The summed E-state index contributed by atoms with van der Waals surface area (Å²) in [4.78, 5) is 24.0. The lowest BCUT2D eigenvalue weighted by molar-refractivity contribution is -0.870. The second-order valence-electron chi connectivity index (χ2n) is 11.8. The minimum Gasteiger partial charge on any atom is -0.756 e. The number of likely N-dealkylation sites (N-methyl/N-ethyl adjacent to an activating group) is 1. The number of rotatable bonds is 29. The Morgan fingerprint density at radius 3 is 1.93 bits per heavy atom. The van der Waals surface area contributed by atoms with E-state index in [2.05, 4.69) is 31.2 Å². The maximum Gasteiger partial charge on any atom is 0.306 e. The zero-order valence-electron chi connectivity index (χ0n) is 27.0. The minimum atomic E-state index is -4.48. The van der Waals surface area contributed by atoms with Crippen LogP contribution < -0.4 is 4.89 Å². The molecule has 0 rings (SSSR count). The van der Waals surface area contributed by atoms with Gasteiger partial charge in [-0.2, -0.15) is 0 Å². The van der Waals surface area contributed by atoms with Crippen molar-refractivity contribution in [3.63, 3.8) is 0 Å². The van der Waals surface area contributed by atoms with Crippen LogP contribution in [0.4, 0.5) is 0 Å². The van der Waals surface area contributed by atoms with E-state index in [4.69, 9.17) is 18.5 Å². The number of carbonyl (C=O) groups is 1. The molecule has 0 N–H and O–H groups in total. The van der Waals surface area contributed by atoms with Crippen LogP contribution in [0.15, 0.2) is 24.3 Å². The molecule has 0 saturated heterocycles. The summed E-state index contributed by atoms with van der Waals surface area (Å²) < 4.78 is 33.6. The van der Waals surface area contributed by atoms with Gasteiger partial charge >= 0.3 is 5.97 Å². The third kappa shape index (κ3) is 30.2. The lowest BCUT2D eigenvalue weighted by Crippen LogP contribution is -2.37. The van der Waals surface area contributed by atoms with Crippen molar-refractivity contribution in [2.45, 2.75) is 123 Å². The summed E-state index contributed by atoms with van der Waals surface area (Å²) in [5.41, 5.74) is 0. The zero-order valence-corrected chi connectivity index (χ0v) is 27.9. The molecule has 0 heterocycles. The average Bonchev–Trinajstić information content (AvgIpc) is 2.89. The van der Waals surface area contributed by atoms with Gasteiger partial charge in [-0.25, -0.2) is 0 Å². The van der Waals surface area contributed by atoms with Crippen molar-refractivity contribution < 1.29 is 37.3 Å². The number of hydrogen-bond donors (Lipinski definition) is 0. The maximum atomic E-state index is 12.1. The molecule has 0 amide bonds. The number of nitrogens with zero attached hydrogens (tertiary/aromatic N) is 1. The zero-order chi connectivity index (χ0) is 30.7. The highest BCUT2D eigenvalue weighted by atomic mass is 31.2. The molecule has 2 unspecified atom stereocenters. The number of phosphoric ester groups is 1. The smallest absolute Gasteiger partial charge is 0.306 e. The average molecular weight is 604 g/mol. The van der Waals surface area contributed by atoms with E-state index in [0.717, 1.165) is 19.3 Å². The van der Waals surface area contributed by atoms with Crippen LogP contribution in [-0.2, 0) is 27.9 Å². The molecule has 0 aliphatic carbocycles. The number of quaternary nitrogens is 1. The SMILES string of the molecule is CCCCC/C=C\C/C=C\CCCCCCCCCCOCC(COP(=O)([O-])OCC[N+](C)(C)C)OC(=O)CCC. The summed E-state index contributed by atoms with van der Waals surface area (Å²) in [6.07, 6.45) is 26.2. The number of carbonyl (C=O) groups excluding carboxylic acids is 1. The first-order valence-corrected chi connectivity index (χ1v) is 17.5. The fraction of sp³-hybridized carbons (Fsp3) is 0.844. The first-order chi connectivity index (χ1) is 19.6. The van der Waals surface area contributed by atoms with Crippen LogP contribution in [-0.4, -0.2) is 70.7 Å². The largest absolute Gasteiger partial charge is 0.756 e. The van der Waals surface area contributed by atoms with Gasteiger partial charge in [0.2, 0.25) is 0 Å². The van der Waals surface area contributed by atoms with Gasteiger partial charge in [0.1, 0.15) is 19.3 Å². The van der Waals surface area contributed by atoms with Crippen molar-refractivity contribution in [1.82, 2.24) is 0 Å². The number of ether oxygens (including phenoxy) is 2. The van der Waals surface area contributed by atoms with Gasteiger partial charge in [-0.1, -0.05) is 89.5 Å². The van der Waals surface area contributed by atoms with Gasteiger partial charge in [0.15, 0.2) is 0 Å². The van der Waals surface area contributed by atoms with E-state index in [9.17, 15) is 14.3 Å². The molecule has 8 nitrogen and oxygen atoms in total. The highest BCUT2D eigenvalue weighted by molar-refractivity contribution is 7.45. The van der Waals surface area contributed by atoms with Gasteiger partial charge in [0.25, 0.3) is 7.82 Å². The summed E-state index contributed by atoms with van der Waals surface area (Å²) >= 11 is 0. The van der Waals surface area contributed by atoms with Crippen LogP contribution in [0.2, 0.25) is 0 Å². The molecule has 41 heavy (non-hydrogen) atoms. The van der Waals surface area contributed by atoms with E-state index >= 15 is 0 Å². The number of esters is 1. The Bertz CT molecular complexity index is 721. The molecule has 242 valence electrons. The molecule has 0 aromatic rings. The number of allylic oxidation sites excluding steroid dienone is 4. The van der Waals surface area contributed by atoms with Crippen LogP contribution in [0, 0.1) is 0 Å². The molecular formula is C32H62NO7P. The summed E-state index contributed by atoms with van der Waals surface area (Å²) in [6, 6.07) is 0. The van der Waals surface area contributed by atoms with Gasteiger partial charge in [-0.05, 0) is 44.9 Å². The Morgan fingerprint density at radius 2 is 1.34 bits per heavy atom. The second kappa shape index (κ2) is 26.6. The molecular weight excluding hydrogens is 541 g/mol. The lowest BCUT2D eigenvalue weighted by atomic mass is 10.1. The topological polar surface area (TPSA) is 94.1 Å². The molecule has 9 heteroatoms. The first kappa shape index (κ1) is 40.0. The molecule has 0 spiro atoms. The number of hydrogen-bond acceptors (Lipinski definition) is 7. The molecule has 0 aliphatic heterocycles. The predicted molar refractivity (Wildman–Crippen MR) is 167 cm³/mol. The van der Waals surface area contributed by atoms with E-state index in [-0.39, 0.29) is 26.2 Å². The van der Waals surface area contributed by atoms with Gasteiger partial charge < -0.3 is 27.9 Å². The van der Waals surface area contributed by atoms with Crippen molar-refractivity contribution in [2.24, 2.45) is 0 Å². The van der Waals surface area contributed by atoms with Crippen LogP contribution in [0.1, 0.15) is 117 Å². The Hall–Kier alpha value is -1.02. The van der Waals surface area contributed by atoms with E-state index in [1.807, 2.05) is 28.1 Å². The minimum absolute atomic E-state index is 0.0236. The molecule has 0 bridgehead atoms. The standard InChI is InChI=1S/C32H62NO7P/c1-6-8-9-10-11-12-13-14-15-16-17-18-19-20-21-22-23-24-27-37-29-31(40-32(34)25-7-2)30-39-41(35,36)38-28-26-33(3,4)5/h11-12,14-15,31H,6-10,13,16-30H2,1-5H3/b12-11-,15-14-.